The highest BCUT2D eigenvalue weighted by atomic mass is 16.6. The minimum Gasteiger partial charge on any atom is -0.258 e. The second kappa shape index (κ2) is 5.18. The highest BCUT2D eigenvalue weighted by Gasteiger charge is 2.55. The number of aliphatic imine (C=N–C) groups is 1. The van der Waals surface area contributed by atoms with E-state index >= 15 is 0 Å². The molecule has 0 heterocycles. The minimum atomic E-state index is -0.760. The first-order valence-electron chi connectivity index (χ1n) is 6.92. The molecule has 0 radical (unpaired) electrons. The van der Waals surface area contributed by atoms with E-state index in [0.29, 0.717) is 5.69 Å². The third kappa shape index (κ3) is 2.73. The first kappa shape index (κ1) is 13.6. The summed E-state index contributed by atoms with van der Waals surface area (Å²) in [5, 5.41) is 19.1. The fourth-order valence-corrected chi connectivity index (χ4v) is 2.57. The van der Waals surface area contributed by atoms with Crippen LogP contribution in [0.3, 0.4) is 0 Å². The first-order chi connectivity index (χ1) is 10.2. The molecule has 0 N–H and O–H groups in total. The molecule has 2 saturated carbocycles. The number of rotatable bonds is 6. The number of carbonyl (C=O) groups excluding carboxylic acids is 1. The number of nitro groups is 1. The van der Waals surface area contributed by atoms with Crippen molar-refractivity contribution in [2.24, 2.45) is 27.1 Å². The zero-order valence-corrected chi connectivity index (χ0v) is 11.3. The molecular weight excluding hydrogens is 272 g/mol. The highest BCUT2D eigenvalue weighted by Crippen LogP contribution is 2.55. The highest BCUT2D eigenvalue weighted by molar-refractivity contribution is 5.43. The van der Waals surface area contributed by atoms with E-state index in [2.05, 4.69) is 15.2 Å². The number of benzene rings is 1. The number of hydrogen-bond acceptors (Lipinski definition) is 6. The lowest BCUT2D eigenvalue weighted by molar-refractivity contribution is -0.384. The summed E-state index contributed by atoms with van der Waals surface area (Å²) in [6, 6.07) is 5.84. The quantitative estimate of drug-likeness (QED) is 0.263. The van der Waals surface area contributed by atoms with E-state index in [1.165, 1.54) is 24.3 Å². The Morgan fingerprint density at radius 2 is 1.71 bits per heavy atom. The van der Waals surface area contributed by atoms with Gasteiger partial charge in [-0.05, 0) is 37.8 Å². The molecule has 0 unspecified atom stereocenters. The van der Waals surface area contributed by atoms with E-state index in [-0.39, 0.29) is 17.5 Å². The third-order valence-corrected chi connectivity index (χ3v) is 3.97. The van der Waals surface area contributed by atoms with Crippen LogP contribution >= 0.6 is 0 Å². The Morgan fingerprint density at radius 3 is 2.14 bits per heavy atom. The fourth-order valence-electron chi connectivity index (χ4n) is 2.57. The standard InChI is InChI=1S/C14H14N4O3/c19-9-15-14(10-1-2-10,11-3-4-11)17-16-12-5-7-13(8-6-12)18(20)21/h5-8,10-11H,1-4H2. The molecule has 2 aliphatic rings. The van der Waals surface area contributed by atoms with Gasteiger partial charge in [0.05, 0.1) is 10.6 Å². The summed E-state index contributed by atoms with van der Waals surface area (Å²) in [5.74, 6) is 0.543. The van der Waals surface area contributed by atoms with E-state index in [4.69, 9.17) is 0 Å². The van der Waals surface area contributed by atoms with Crippen LogP contribution in [-0.4, -0.2) is 16.7 Å². The Morgan fingerprint density at radius 1 is 1.14 bits per heavy atom. The molecule has 7 heteroatoms. The van der Waals surface area contributed by atoms with Crippen molar-refractivity contribution in [3.8, 4) is 0 Å². The van der Waals surface area contributed by atoms with Crippen molar-refractivity contribution >= 4 is 17.5 Å². The fraction of sp³-hybridized carbons (Fsp3) is 0.500. The maximum atomic E-state index is 10.7. The molecule has 0 atom stereocenters. The number of isocyanates is 1. The molecule has 2 fully saturated rings. The van der Waals surface area contributed by atoms with Crippen molar-refractivity contribution in [2.75, 3.05) is 0 Å². The summed E-state index contributed by atoms with van der Waals surface area (Å²) < 4.78 is 0. The lowest BCUT2D eigenvalue weighted by atomic mass is 10.0. The Balaban J connectivity index is 1.85. The van der Waals surface area contributed by atoms with Gasteiger partial charge in [-0.3, -0.25) is 10.1 Å². The molecule has 3 rings (SSSR count). The molecule has 0 aliphatic heterocycles. The molecule has 0 bridgehead atoms. The second-order valence-electron chi connectivity index (χ2n) is 5.51. The van der Waals surface area contributed by atoms with Gasteiger partial charge in [-0.15, -0.1) is 0 Å². The molecule has 7 nitrogen and oxygen atoms in total. The maximum absolute atomic E-state index is 10.7. The predicted molar refractivity (Wildman–Crippen MR) is 73.9 cm³/mol. The molecule has 1 aromatic rings. The van der Waals surface area contributed by atoms with Crippen LogP contribution in [0.1, 0.15) is 25.7 Å². The van der Waals surface area contributed by atoms with Crippen LogP contribution in [0.15, 0.2) is 39.5 Å². The average Bonchev–Trinajstić information content (AvgIpc) is 3.36. The summed E-state index contributed by atoms with van der Waals surface area (Å²) in [6.45, 7) is 0. The summed E-state index contributed by atoms with van der Waals surface area (Å²) >= 11 is 0. The summed E-state index contributed by atoms with van der Waals surface area (Å²) in [5.41, 5.74) is -0.230. The largest absolute Gasteiger partial charge is 0.269 e. The van der Waals surface area contributed by atoms with E-state index < -0.39 is 10.6 Å². The number of nitro benzene ring substituents is 1. The van der Waals surface area contributed by atoms with Crippen molar-refractivity contribution in [3.05, 3.63) is 34.4 Å². The molecule has 0 saturated heterocycles. The molecule has 2 aliphatic carbocycles. The van der Waals surface area contributed by atoms with Gasteiger partial charge in [0, 0.05) is 24.0 Å². The lowest BCUT2D eigenvalue weighted by Crippen LogP contribution is -2.29. The zero-order chi connectivity index (χ0) is 14.9. The molecule has 108 valence electrons. The van der Waals surface area contributed by atoms with Gasteiger partial charge in [-0.1, -0.05) is 0 Å². The molecule has 1 aromatic carbocycles. The van der Waals surface area contributed by atoms with Gasteiger partial charge < -0.3 is 0 Å². The first-order valence-corrected chi connectivity index (χ1v) is 6.92. The number of azo groups is 1. The number of non-ortho nitro benzene ring substituents is 1. The van der Waals surface area contributed by atoms with Crippen molar-refractivity contribution < 1.29 is 9.72 Å². The van der Waals surface area contributed by atoms with Crippen molar-refractivity contribution in [1.29, 1.82) is 0 Å². The summed E-state index contributed by atoms with van der Waals surface area (Å²) in [6.07, 6.45) is 5.65. The number of hydrogen-bond donors (Lipinski definition) is 0. The van der Waals surface area contributed by atoms with Crippen molar-refractivity contribution in [1.82, 2.24) is 0 Å². The molecule has 0 amide bonds. The van der Waals surface area contributed by atoms with E-state index in [9.17, 15) is 14.9 Å². The van der Waals surface area contributed by atoms with Crippen molar-refractivity contribution in [2.45, 2.75) is 31.3 Å². The molecule has 0 spiro atoms. The molecule has 21 heavy (non-hydrogen) atoms. The summed E-state index contributed by atoms with van der Waals surface area (Å²) in [4.78, 5) is 24.9. The second-order valence-corrected chi connectivity index (χ2v) is 5.51. The van der Waals surface area contributed by atoms with Crippen LogP contribution < -0.4 is 0 Å². The van der Waals surface area contributed by atoms with Gasteiger partial charge in [-0.2, -0.15) is 15.2 Å². The van der Waals surface area contributed by atoms with Gasteiger partial charge in [0.1, 0.15) is 0 Å². The van der Waals surface area contributed by atoms with Gasteiger partial charge in [-0.25, -0.2) is 4.79 Å². The minimum absolute atomic E-state index is 0.00973. The van der Waals surface area contributed by atoms with Crippen LogP contribution in [0.5, 0.6) is 0 Å². The Labute approximate surface area is 120 Å². The van der Waals surface area contributed by atoms with Crippen LogP contribution in [0.25, 0.3) is 0 Å². The van der Waals surface area contributed by atoms with Gasteiger partial charge >= 0.3 is 0 Å². The number of nitrogens with zero attached hydrogens (tertiary/aromatic N) is 4. The maximum Gasteiger partial charge on any atom is 0.269 e. The van der Waals surface area contributed by atoms with Crippen LogP contribution in [-0.2, 0) is 4.79 Å². The zero-order valence-electron chi connectivity index (χ0n) is 11.3. The van der Waals surface area contributed by atoms with E-state index in [0.717, 1.165) is 25.7 Å². The van der Waals surface area contributed by atoms with Gasteiger partial charge in [0.2, 0.25) is 6.08 Å². The molecule has 0 aromatic heterocycles. The third-order valence-electron chi connectivity index (χ3n) is 3.97. The average molecular weight is 286 g/mol. The van der Waals surface area contributed by atoms with Crippen LogP contribution in [0.2, 0.25) is 0 Å². The van der Waals surface area contributed by atoms with Crippen LogP contribution in [0.4, 0.5) is 11.4 Å². The summed E-state index contributed by atoms with van der Waals surface area (Å²) in [7, 11) is 0. The lowest BCUT2D eigenvalue weighted by Gasteiger charge is -2.21. The van der Waals surface area contributed by atoms with Gasteiger partial charge in [0.25, 0.3) is 5.69 Å². The topological polar surface area (TPSA) is 97.3 Å². The van der Waals surface area contributed by atoms with Gasteiger partial charge in [0.15, 0.2) is 5.66 Å². The van der Waals surface area contributed by atoms with E-state index in [1.54, 1.807) is 6.08 Å². The molecular formula is C14H14N4O3. The van der Waals surface area contributed by atoms with Crippen LogP contribution in [0, 0.1) is 22.0 Å². The SMILES string of the molecule is O=C=NC(N=Nc1ccc([N+](=O)[O-])cc1)(C1CC1)C1CC1. The monoisotopic (exact) mass is 286 g/mol. The Kier molecular flexibility index (Phi) is 3.35. The normalized spacial score (nSPS) is 18.5. The predicted octanol–water partition coefficient (Wildman–Crippen LogP) is 3.53. The Hall–Kier alpha value is -2.40. The Bertz CT molecular complexity index is 614. The van der Waals surface area contributed by atoms with Crippen molar-refractivity contribution in [3.63, 3.8) is 0 Å². The smallest absolute Gasteiger partial charge is 0.258 e. The van der Waals surface area contributed by atoms with E-state index in [1.807, 2.05) is 0 Å².